The number of carboxylic acids is 1. The van der Waals surface area contributed by atoms with Gasteiger partial charge in [0, 0.05) is 19.3 Å². The van der Waals surface area contributed by atoms with Crippen molar-refractivity contribution in [1.29, 1.82) is 0 Å². The molecule has 0 atom stereocenters. The summed E-state index contributed by atoms with van der Waals surface area (Å²) in [6.07, 6.45) is 3.72. The minimum Gasteiger partial charge on any atom is -0.477 e. The summed E-state index contributed by atoms with van der Waals surface area (Å²) in [5.41, 5.74) is 0.151. The van der Waals surface area contributed by atoms with Crippen LogP contribution in [0.1, 0.15) is 23.3 Å². The van der Waals surface area contributed by atoms with Gasteiger partial charge in [0.05, 0.1) is 0 Å². The third-order valence-electron chi connectivity index (χ3n) is 2.84. The zero-order chi connectivity index (χ0) is 11.7. The van der Waals surface area contributed by atoms with Crippen LogP contribution in [0.3, 0.4) is 0 Å². The van der Waals surface area contributed by atoms with Crippen molar-refractivity contribution in [1.82, 2.24) is 9.47 Å². The molecule has 0 spiro atoms. The predicted molar refractivity (Wildman–Crippen MR) is 57.2 cm³/mol. The lowest BCUT2D eigenvalue weighted by Gasteiger charge is -2.17. The topological polar surface area (TPSA) is 62.5 Å². The van der Waals surface area contributed by atoms with Crippen molar-refractivity contribution in [3.63, 3.8) is 0 Å². The fourth-order valence-corrected chi connectivity index (χ4v) is 1.67. The quantitative estimate of drug-likeness (QED) is 0.819. The van der Waals surface area contributed by atoms with Gasteiger partial charge in [-0.1, -0.05) is 0 Å². The molecule has 0 bridgehead atoms. The minimum atomic E-state index is -1.01. The number of aromatic carboxylic acids is 1. The molecule has 0 radical (unpaired) electrons. The number of amides is 1. The molecule has 86 valence electrons. The van der Waals surface area contributed by atoms with Gasteiger partial charge in [0.1, 0.15) is 12.2 Å². The third kappa shape index (κ3) is 2.08. The van der Waals surface area contributed by atoms with Gasteiger partial charge in [-0.2, -0.15) is 0 Å². The third-order valence-corrected chi connectivity index (χ3v) is 2.84. The maximum atomic E-state index is 11.8. The molecule has 1 fully saturated rings. The highest BCUT2D eigenvalue weighted by Gasteiger charge is 2.29. The molecule has 1 aliphatic rings. The molecule has 0 aromatic carbocycles. The molecule has 1 aromatic rings. The molecule has 2 rings (SSSR count). The number of likely N-dealkylation sites (N-methyl/N-ethyl adjacent to an activating group) is 1. The molecule has 0 aliphatic heterocycles. The molecule has 5 nitrogen and oxygen atoms in total. The molecule has 1 amide bonds. The first-order valence-electron chi connectivity index (χ1n) is 5.23. The van der Waals surface area contributed by atoms with Crippen LogP contribution in [0.25, 0.3) is 0 Å². The van der Waals surface area contributed by atoms with Gasteiger partial charge >= 0.3 is 5.97 Å². The number of carboxylic acid groups (broad SMARTS) is 1. The van der Waals surface area contributed by atoms with Crippen LogP contribution >= 0.6 is 0 Å². The Labute approximate surface area is 93.3 Å². The highest BCUT2D eigenvalue weighted by Crippen LogP contribution is 2.25. The highest BCUT2D eigenvalue weighted by atomic mass is 16.4. The van der Waals surface area contributed by atoms with E-state index in [0.717, 1.165) is 12.8 Å². The van der Waals surface area contributed by atoms with E-state index in [1.807, 2.05) is 0 Å². The lowest BCUT2D eigenvalue weighted by Crippen LogP contribution is -2.32. The van der Waals surface area contributed by atoms with Gasteiger partial charge < -0.3 is 14.6 Å². The maximum absolute atomic E-state index is 11.8. The zero-order valence-electron chi connectivity index (χ0n) is 9.09. The summed E-state index contributed by atoms with van der Waals surface area (Å²) in [4.78, 5) is 24.3. The normalized spacial score (nSPS) is 14.8. The van der Waals surface area contributed by atoms with Crippen LogP contribution in [0.4, 0.5) is 0 Å². The Kier molecular flexibility index (Phi) is 2.68. The van der Waals surface area contributed by atoms with E-state index in [1.165, 1.54) is 10.6 Å². The summed E-state index contributed by atoms with van der Waals surface area (Å²) < 4.78 is 1.46. The van der Waals surface area contributed by atoms with Crippen molar-refractivity contribution >= 4 is 11.9 Å². The minimum absolute atomic E-state index is 0.0406. The molecule has 1 saturated carbocycles. The molecule has 0 saturated heterocycles. The number of carbonyl (C=O) groups excluding carboxylic acids is 1. The summed E-state index contributed by atoms with van der Waals surface area (Å²) in [6.45, 7) is 0.0988. The van der Waals surface area contributed by atoms with Crippen molar-refractivity contribution in [2.24, 2.45) is 0 Å². The van der Waals surface area contributed by atoms with Crippen LogP contribution in [-0.2, 0) is 11.3 Å². The average Bonchev–Trinajstić information content (AvgIpc) is 2.97. The van der Waals surface area contributed by atoms with Gasteiger partial charge in [-0.25, -0.2) is 4.79 Å². The van der Waals surface area contributed by atoms with Crippen LogP contribution in [0.15, 0.2) is 18.3 Å². The average molecular weight is 222 g/mol. The maximum Gasteiger partial charge on any atom is 0.352 e. The second kappa shape index (κ2) is 4.00. The number of carbonyl (C=O) groups is 2. The Bertz CT molecular complexity index is 421. The number of aromatic nitrogens is 1. The molecule has 1 aromatic heterocycles. The molecule has 0 unspecified atom stereocenters. The highest BCUT2D eigenvalue weighted by molar-refractivity contribution is 5.87. The lowest BCUT2D eigenvalue weighted by molar-refractivity contribution is -0.131. The lowest BCUT2D eigenvalue weighted by atomic mass is 10.4. The summed E-state index contributed by atoms with van der Waals surface area (Å²) in [7, 11) is 1.77. The fraction of sp³-hybridized carbons (Fsp3) is 0.455. The van der Waals surface area contributed by atoms with Crippen LogP contribution in [0, 0.1) is 0 Å². The van der Waals surface area contributed by atoms with E-state index in [-0.39, 0.29) is 18.1 Å². The summed E-state index contributed by atoms with van der Waals surface area (Å²) in [6, 6.07) is 3.48. The smallest absolute Gasteiger partial charge is 0.352 e. The van der Waals surface area contributed by atoms with Crippen LogP contribution < -0.4 is 0 Å². The fourth-order valence-electron chi connectivity index (χ4n) is 1.67. The van der Waals surface area contributed by atoms with Crippen molar-refractivity contribution in [2.45, 2.75) is 25.4 Å². The molecule has 1 heterocycles. The Balaban J connectivity index is 2.05. The van der Waals surface area contributed by atoms with E-state index >= 15 is 0 Å². The largest absolute Gasteiger partial charge is 0.477 e. The molecule has 1 aliphatic carbocycles. The van der Waals surface area contributed by atoms with Gasteiger partial charge in [-0.3, -0.25) is 4.79 Å². The monoisotopic (exact) mass is 222 g/mol. The Morgan fingerprint density at radius 1 is 1.56 bits per heavy atom. The summed E-state index contributed by atoms with van der Waals surface area (Å²) >= 11 is 0. The van der Waals surface area contributed by atoms with Crippen LogP contribution in [0.2, 0.25) is 0 Å². The number of rotatable bonds is 4. The van der Waals surface area contributed by atoms with Gasteiger partial charge in [0.25, 0.3) is 0 Å². The van der Waals surface area contributed by atoms with E-state index < -0.39 is 5.97 Å². The molecule has 5 heteroatoms. The number of hydrogen-bond donors (Lipinski definition) is 1. The zero-order valence-corrected chi connectivity index (χ0v) is 9.09. The van der Waals surface area contributed by atoms with E-state index in [1.54, 1.807) is 24.2 Å². The first-order valence-corrected chi connectivity index (χ1v) is 5.23. The Morgan fingerprint density at radius 3 is 2.81 bits per heavy atom. The first-order chi connectivity index (χ1) is 7.59. The van der Waals surface area contributed by atoms with Gasteiger partial charge in [0.15, 0.2) is 0 Å². The van der Waals surface area contributed by atoms with Crippen molar-refractivity contribution in [2.75, 3.05) is 7.05 Å². The molecular formula is C11H14N2O3. The van der Waals surface area contributed by atoms with Crippen LogP contribution in [-0.4, -0.2) is 39.5 Å². The van der Waals surface area contributed by atoms with Gasteiger partial charge in [-0.05, 0) is 25.0 Å². The van der Waals surface area contributed by atoms with E-state index in [0.29, 0.717) is 6.04 Å². The Hall–Kier alpha value is -1.78. The first kappa shape index (κ1) is 10.7. The van der Waals surface area contributed by atoms with E-state index in [4.69, 9.17) is 5.11 Å². The summed E-state index contributed by atoms with van der Waals surface area (Å²) in [5.74, 6) is -1.05. The van der Waals surface area contributed by atoms with Gasteiger partial charge in [0.2, 0.25) is 5.91 Å². The van der Waals surface area contributed by atoms with Crippen molar-refractivity contribution in [3.8, 4) is 0 Å². The number of nitrogens with zero attached hydrogens (tertiary/aromatic N) is 2. The number of hydrogen-bond acceptors (Lipinski definition) is 2. The summed E-state index contributed by atoms with van der Waals surface area (Å²) in [5, 5.41) is 8.88. The second-order valence-electron chi connectivity index (χ2n) is 4.06. The second-order valence-corrected chi connectivity index (χ2v) is 4.06. The molecule has 1 N–H and O–H groups in total. The van der Waals surface area contributed by atoms with Crippen molar-refractivity contribution in [3.05, 3.63) is 24.0 Å². The molecule has 16 heavy (non-hydrogen) atoms. The SMILES string of the molecule is CN(C(=O)Cn1cccc1C(=O)O)C1CC1. The van der Waals surface area contributed by atoms with E-state index in [2.05, 4.69) is 0 Å². The van der Waals surface area contributed by atoms with E-state index in [9.17, 15) is 9.59 Å². The molecular weight excluding hydrogens is 208 g/mol. The standard InChI is InChI=1S/C11H14N2O3/c1-12(8-4-5-8)10(14)7-13-6-2-3-9(13)11(15)16/h2-3,6,8H,4-5,7H2,1H3,(H,15,16). The van der Waals surface area contributed by atoms with Gasteiger partial charge in [-0.15, -0.1) is 0 Å². The Morgan fingerprint density at radius 2 is 2.25 bits per heavy atom. The predicted octanol–water partition coefficient (Wildman–Crippen LogP) is 0.807. The van der Waals surface area contributed by atoms with Crippen LogP contribution in [0.5, 0.6) is 0 Å². The van der Waals surface area contributed by atoms with Crippen molar-refractivity contribution < 1.29 is 14.7 Å².